The van der Waals surface area contributed by atoms with Crippen LogP contribution in [-0.2, 0) is 0 Å². The molecule has 0 saturated carbocycles. The van der Waals surface area contributed by atoms with E-state index in [1.54, 1.807) is 6.20 Å². The lowest BCUT2D eigenvalue weighted by molar-refractivity contribution is 0.781. The number of aryl methyl sites for hydroxylation is 1. The summed E-state index contributed by atoms with van der Waals surface area (Å²) in [6.07, 6.45) is 8.27. The molecule has 0 atom stereocenters. The number of rotatable bonds is 2. The molecule has 2 nitrogen and oxygen atoms in total. The third-order valence-corrected chi connectivity index (χ3v) is 2.91. The van der Waals surface area contributed by atoms with Gasteiger partial charge >= 0.3 is 0 Å². The molecule has 0 radical (unpaired) electrons. The summed E-state index contributed by atoms with van der Waals surface area (Å²) >= 11 is 6.13. The lowest BCUT2D eigenvalue weighted by Gasteiger charge is -2.14. The zero-order valence-corrected chi connectivity index (χ0v) is 8.88. The van der Waals surface area contributed by atoms with Crippen molar-refractivity contribution in [2.75, 3.05) is 5.32 Å². The number of pyridine rings is 1. The van der Waals surface area contributed by atoms with Crippen molar-refractivity contribution < 1.29 is 0 Å². The average Bonchev–Trinajstić information content (AvgIpc) is 2.66. The van der Waals surface area contributed by atoms with Crippen molar-refractivity contribution in [1.29, 1.82) is 0 Å². The van der Waals surface area contributed by atoms with Crippen LogP contribution in [0.5, 0.6) is 0 Å². The Morgan fingerprint density at radius 3 is 2.86 bits per heavy atom. The van der Waals surface area contributed by atoms with Gasteiger partial charge in [-0.05, 0) is 31.4 Å². The number of halogens is 1. The quantitative estimate of drug-likeness (QED) is 0.756. The van der Waals surface area contributed by atoms with E-state index in [1.807, 2.05) is 13.0 Å². The molecule has 0 fully saturated rings. The third-order valence-electron chi connectivity index (χ3n) is 2.43. The van der Waals surface area contributed by atoms with Gasteiger partial charge in [0.25, 0.3) is 0 Å². The largest absolute Gasteiger partial charge is 0.365 e. The second-order valence-corrected chi connectivity index (χ2v) is 3.95. The zero-order chi connectivity index (χ0) is 9.97. The predicted octanol–water partition coefficient (Wildman–Crippen LogP) is 3.17. The Kier molecular flexibility index (Phi) is 2.73. The fourth-order valence-electron chi connectivity index (χ4n) is 1.57. The van der Waals surface area contributed by atoms with Crippen molar-refractivity contribution in [3.05, 3.63) is 35.0 Å². The van der Waals surface area contributed by atoms with E-state index in [2.05, 4.69) is 22.5 Å². The van der Waals surface area contributed by atoms with Gasteiger partial charge in [-0.2, -0.15) is 0 Å². The summed E-state index contributed by atoms with van der Waals surface area (Å²) in [4.78, 5) is 4.23. The Morgan fingerprint density at radius 1 is 1.43 bits per heavy atom. The number of aromatic nitrogens is 1. The van der Waals surface area contributed by atoms with Crippen LogP contribution in [-0.4, -0.2) is 11.0 Å². The number of nitrogens with one attached hydrogen (secondary N) is 1. The Balaban J connectivity index is 2.12. The molecule has 1 aliphatic carbocycles. The van der Waals surface area contributed by atoms with E-state index in [-0.39, 0.29) is 0 Å². The molecule has 1 aromatic rings. The Hall–Kier alpha value is -1.02. The van der Waals surface area contributed by atoms with Gasteiger partial charge in [0.2, 0.25) is 0 Å². The first-order chi connectivity index (χ1) is 6.77. The van der Waals surface area contributed by atoms with Gasteiger partial charge in [-0.15, -0.1) is 0 Å². The molecule has 0 aliphatic heterocycles. The number of hydrogen-bond acceptors (Lipinski definition) is 2. The van der Waals surface area contributed by atoms with Gasteiger partial charge in [0, 0.05) is 12.2 Å². The maximum Gasteiger partial charge on any atom is 0.145 e. The highest BCUT2D eigenvalue weighted by Crippen LogP contribution is 2.25. The van der Waals surface area contributed by atoms with Gasteiger partial charge < -0.3 is 5.32 Å². The van der Waals surface area contributed by atoms with E-state index >= 15 is 0 Å². The second-order valence-electron chi connectivity index (χ2n) is 3.57. The van der Waals surface area contributed by atoms with Gasteiger partial charge in [0.05, 0.1) is 5.02 Å². The molecule has 3 heteroatoms. The number of nitrogens with zero attached hydrogens (tertiary/aromatic N) is 1. The Labute approximate surface area is 89.0 Å². The highest BCUT2D eigenvalue weighted by atomic mass is 35.5. The second kappa shape index (κ2) is 4.01. The van der Waals surface area contributed by atoms with Crippen molar-refractivity contribution in [3.8, 4) is 0 Å². The van der Waals surface area contributed by atoms with E-state index in [0.29, 0.717) is 6.04 Å². The van der Waals surface area contributed by atoms with E-state index in [0.717, 1.165) is 29.2 Å². The first-order valence-electron chi connectivity index (χ1n) is 4.80. The Morgan fingerprint density at radius 2 is 2.14 bits per heavy atom. The highest BCUT2D eigenvalue weighted by Gasteiger charge is 2.12. The van der Waals surface area contributed by atoms with Crippen LogP contribution in [0.15, 0.2) is 24.4 Å². The molecule has 1 heterocycles. The van der Waals surface area contributed by atoms with E-state index in [9.17, 15) is 0 Å². The smallest absolute Gasteiger partial charge is 0.145 e. The minimum Gasteiger partial charge on any atom is -0.365 e. The van der Waals surface area contributed by atoms with Crippen molar-refractivity contribution in [2.24, 2.45) is 0 Å². The first kappa shape index (κ1) is 9.53. The third kappa shape index (κ3) is 1.90. The fraction of sp³-hybridized carbons (Fsp3) is 0.364. The van der Waals surface area contributed by atoms with Crippen LogP contribution in [0.1, 0.15) is 18.4 Å². The molecule has 0 saturated heterocycles. The van der Waals surface area contributed by atoms with Crippen molar-refractivity contribution in [3.63, 3.8) is 0 Å². The molecule has 74 valence electrons. The van der Waals surface area contributed by atoms with Gasteiger partial charge in [-0.1, -0.05) is 23.8 Å². The molecule has 2 rings (SSSR count). The predicted molar refractivity (Wildman–Crippen MR) is 59.8 cm³/mol. The van der Waals surface area contributed by atoms with Crippen LogP contribution in [0.2, 0.25) is 5.02 Å². The molecular weight excluding hydrogens is 196 g/mol. The fourth-order valence-corrected chi connectivity index (χ4v) is 1.74. The lowest BCUT2D eigenvalue weighted by Crippen LogP contribution is -2.16. The normalized spacial score (nSPS) is 16.1. The molecular formula is C11H13ClN2. The molecule has 1 aliphatic rings. The molecule has 0 bridgehead atoms. The summed E-state index contributed by atoms with van der Waals surface area (Å²) in [5.74, 6) is 0.806. The summed E-state index contributed by atoms with van der Waals surface area (Å²) in [6, 6.07) is 2.38. The summed E-state index contributed by atoms with van der Waals surface area (Å²) < 4.78 is 0. The zero-order valence-electron chi connectivity index (χ0n) is 8.13. The van der Waals surface area contributed by atoms with Crippen molar-refractivity contribution >= 4 is 17.4 Å². The standard InChI is InChI=1S/C11H13ClN2/c1-8-6-7-13-11(10(8)12)14-9-4-2-3-5-9/h2-3,6-7,9H,4-5H2,1H3,(H,13,14). The topological polar surface area (TPSA) is 24.9 Å². The minimum absolute atomic E-state index is 0.460. The van der Waals surface area contributed by atoms with Crippen LogP contribution in [0.4, 0.5) is 5.82 Å². The van der Waals surface area contributed by atoms with Crippen LogP contribution in [0.25, 0.3) is 0 Å². The highest BCUT2D eigenvalue weighted by molar-refractivity contribution is 6.33. The molecule has 0 unspecified atom stereocenters. The van der Waals surface area contributed by atoms with Crippen molar-refractivity contribution in [2.45, 2.75) is 25.8 Å². The molecule has 14 heavy (non-hydrogen) atoms. The molecule has 0 amide bonds. The minimum atomic E-state index is 0.460. The lowest BCUT2D eigenvalue weighted by atomic mass is 10.2. The van der Waals surface area contributed by atoms with Crippen LogP contribution in [0, 0.1) is 6.92 Å². The van der Waals surface area contributed by atoms with Crippen LogP contribution >= 0.6 is 11.6 Å². The van der Waals surface area contributed by atoms with Crippen LogP contribution < -0.4 is 5.32 Å². The van der Waals surface area contributed by atoms with Gasteiger partial charge in [-0.25, -0.2) is 4.98 Å². The van der Waals surface area contributed by atoms with Gasteiger partial charge in [0.15, 0.2) is 0 Å². The molecule has 0 aromatic carbocycles. The number of hydrogen-bond donors (Lipinski definition) is 1. The summed E-state index contributed by atoms with van der Waals surface area (Å²) in [6.45, 7) is 1.99. The molecule has 1 aromatic heterocycles. The number of anilines is 1. The monoisotopic (exact) mass is 208 g/mol. The molecule has 0 spiro atoms. The maximum absolute atomic E-state index is 6.13. The average molecular weight is 209 g/mol. The summed E-state index contributed by atoms with van der Waals surface area (Å²) in [7, 11) is 0. The Bertz CT molecular complexity index is 352. The van der Waals surface area contributed by atoms with Crippen molar-refractivity contribution in [1.82, 2.24) is 4.98 Å². The summed E-state index contributed by atoms with van der Waals surface area (Å²) in [5.41, 5.74) is 1.06. The van der Waals surface area contributed by atoms with Gasteiger partial charge in [-0.3, -0.25) is 0 Å². The SMILES string of the molecule is Cc1ccnc(NC2CC=CC2)c1Cl. The summed E-state index contributed by atoms with van der Waals surface area (Å²) in [5, 5.41) is 4.08. The maximum atomic E-state index is 6.13. The van der Waals surface area contributed by atoms with E-state index in [1.165, 1.54) is 0 Å². The van der Waals surface area contributed by atoms with E-state index < -0.39 is 0 Å². The van der Waals surface area contributed by atoms with E-state index in [4.69, 9.17) is 11.6 Å². The van der Waals surface area contributed by atoms with Gasteiger partial charge in [0.1, 0.15) is 5.82 Å². The first-order valence-corrected chi connectivity index (χ1v) is 5.18. The molecule has 1 N–H and O–H groups in total. The van der Waals surface area contributed by atoms with Crippen LogP contribution in [0.3, 0.4) is 0 Å².